The lowest BCUT2D eigenvalue weighted by atomic mass is 10.1. The Balaban J connectivity index is 2.38. The van der Waals surface area contributed by atoms with Crippen molar-refractivity contribution in [1.29, 1.82) is 0 Å². The summed E-state index contributed by atoms with van der Waals surface area (Å²) in [6, 6.07) is 6.85. The zero-order valence-corrected chi connectivity index (χ0v) is 17.0. The Morgan fingerprint density at radius 1 is 0.923 bits per heavy atom. The molecule has 26 heavy (non-hydrogen) atoms. The van der Waals surface area contributed by atoms with Crippen molar-refractivity contribution in [3.63, 3.8) is 0 Å². The van der Waals surface area contributed by atoms with E-state index in [0.29, 0.717) is 20.8 Å². The lowest BCUT2D eigenvalue weighted by molar-refractivity contribution is 0.104. The van der Waals surface area contributed by atoms with Gasteiger partial charge in [0.2, 0.25) is 0 Å². The summed E-state index contributed by atoms with van der Waals surface area (Å²) in [5, 5.41) is 10.4. The van der Waals surface area contributed by atoms with Gasteiger partial charge >= 0.3 is 0 Å². The van der Waals surface area contributed by atoms with E-state index < -0.39 is 5.78 Å². The highest BCUT2D eigenvalue weighted by Gasteiger charge is 2.21. The van der Waals surface area contributed by atoms with Gasteiger partial charge in [0.15, 0.2) is 17.3 Å². The lowest BCUT2D eigenvalue weighted by Gasteiger charge is -2.13. The average Bonchev–Trinajstić information content (AvgIpc) is 2.67. The number of hydrogen-bond donors (Lipinski definition) is 1. The van der Waals surface area contributed by atoms with Crippen molar-refractivity contribution in [2.75, 3.05) is 28.4 Å². The molecule has 0 radical (unpaired) electrons. The van der Waals surface area contributed by atoms with Gasteiger partial charge in [0.25, 0.3) is 0 Å². The number of carbonyl (C=O) groups is 1. The van der Waals surface area contributed by atoms with Gasteiger partial charge in [-0.15, -0.1) is 0 Å². The Hall–Kier alpha value is -2.42. The van der Waals surface area contributed by atoms with Crippen molar-refractivity contribution in [2.45, 2.75) is 0 Å². The van der Waals surface area contributed by atoms with Crippen LogP contribution in [0.2, 0.25) is 0 Å². The molecule has 2 rings (SSSR count). The van der Waals surface area contributed by atoms with Crippen molar-refractivity contribution in [2.24, 2.45) is 0 Å². The number of allylic oxidation sites excluding steroid dienone is 1. The molecule has 0 saturated heterocycles. The number of benzene rings is 2. The number of ketones is 1. The SMILES string of the molecule is COc1ccc(/C=C/C(=O)c2c(OC)cc(OC)c(I)c2O)cc1OC. The highest BCUT2D eigenvalue weighted by Crippen LogP contribution is 2.39. The molecule has 0 fully saturated rings. The van der Waals surface area contributed by atoms with Crippen LogP contribution in [0, 0.1) is 3.57 Å². The quantitative estimate of drug-likeness (QED) is 0.376. The van der Waals surface area contributed by atoms with Crippen LogP contribution in [-0.4, -0.2) is 39.3 Å². The molecule has 0 unspecified atom stereocenters. The van der Waals surface area contributed by atoms with E-state index in [1.165, 1.54) is 20.3 Å². The van der Waals surface area contributed by atoms with E-state index in [1.807, 2.05) is 22.6 Å². The highest BCUT2D eigenvalue weighted by atomic mass is 127. The summed E-state index contributed by atoms with van der Waals surface area (Å²) in [4.78, 5) is 12.6. The fraction of sp³-hybridized carbons (Fsp3) is 0.211. The van der Waals surface area contributed by atoms with Gasteiger partial charge in [0, 0.05) is 6.07 Å². The van der Waals surface area contributed by atoms with Crippen molar-refractivity contribution in [3.05, 3.63) is 45.0 Å². The first-order valence-electron chi connectivity index (χ1n) is 7.54. The molecule has 0 saturated carbocycles. The molecule has 0 heterocycles. The van der Waals surface area contributed by atoms with Gasteiger partial charge in [0.05, 0.1) is 32.0 Å². The van der Waals surface area contributed by atoms with Gasteiger partial charge in [-0.05, 0) is 46.4 Å². The fourth-order valence-corrected chi connectivity index (χ4v) is 3.00. The molecule has 0 amide bonds. The molecule has 7 heteroatoms. The predicted octanol–water partition coefficient (Wildman–Crippen LogP) is 3.93. The maximum Gasteiger partial charge on any atom is 0.193 e. The third-order valence-corrected chi connectivity index (χ3v) is 4.73. The monoisotopic (exact) mass is 470 g/mol. The van der Waals surface area contributed by atoms with Crippen molar-refractivity contribution < 1.29 is 28.8 Å². The van der Waals surface area contributed by atoms with Gasteiger partial charge in [-0.25, -0.2) is 0 Å². The maximum atomic E-state index is 12.6. The number of carbonyl (C=O) groups excluding carboxylic acids is 1. The second kappa shape index (κ2) is 8.79. The van der Waals surface area contributed by atoms with Gasteiger partial charge in [-0.3, -0.25) is 4.79 Å². The number of hydrogen-bond acceptors (Lipinski definition) is 6. The van der Waals surface area contributed by atoms with E-state index in [9.17, 15) is 9.90 Å². The molecule has 0 atom stereocenters. The number of rotatable bonds is 7. The Bertz CT molecular complexity index is 844. The first kappa shape index (κ1) is 19.9. The molecule has 0 spiro atoms. The minimum atomic E-state index is -0.394. The largest absolute Gasteiger partial charge is 0.506 e. The third kappa shape index (κ3) is 4.04. The molecule has 138 valence electrons. The van der Waals surface area contributed by atoms with Gasteiger partial charge in [-0.1, -0.05) is 12.1 Å². The first-order chi connectivity index (χ1) is 12.5. The number of aromatic hydroxyl groups is 1. The van der Waals surface area contributed by atoms with E-state index >= 15 is 0 Å². The fourth-order valence-electron chi connectivity index (χ4n) is 2.36. The molecule has 2 aromatic rings. The number of phenolic OH excluding ortho intramolecular Hbond substituents is 1. The average molecular weight is 470 g/mol. The second-order valence-corrected chi connectivity index (χ2v) is 6.21. The van der Waals surface area contributed by atoms with E-state index in [2.05, 4.69) is 0 Å². The van der Waals surface area contributed by atoms with Crippen LogP contribution in [-0.2, 0) is 0 Å². The highest BCUT2D eigenvalue weighted by molar-refractivity contribution is 14.1. The Morgan fingerprint density at radius 2 is 1.54 bits per heavy atom. The van der Waals surface area contributed by atoms with Crippen LogP contribution in [0.15, 0.2) is 30.3 Å². The van der Waals surface area contributed by atoms with Crippen LogP contribution in [0.25, 0.3) is 6.08 Å². The minimum Gasteiger partial charge on any atom is -0.506 e. The zero-order chi connectivity index (χ0) is 19.3. The molecule has 0 aliphatic heterocycles. The summed E-state index contributed by atoms with van der Waals surface area (Å²) < 4.78 is 21.3. The van der Waals surface area contributed by atoms with Crippen LogP contribution < -0.4 is 18.9 Å². The first-order valence-corrected chi connectivity index (χ1v) is 8.62. The van der Waals surface area contributed by atoms with Gasteiger partial charge < -0.3 is 24.1 Å². The van der Waals surface area contributed by atoms with Crippen molar-refractivity contribution in [3.8, 4) is 28.7 Å². The Kier molecular flexibility index (Phi) is 6.73. The number of ether oxygens (including phenoxy) is 4. The Morgan fingerprint density at radius 3 is 2.12 bits per heavy atom. The summed E-state index contributed by atoms with van der Waals surface area (Å²) >= 11 is 1.92. The van der Waals surface area contributed by atoms with Crippen molar-refractivity contribution >= 4 is 34.5 Å². The summed E-state index contributed by atoms with van der Waals surface area (Å²) in [7, 11) is 6.00. The molecule has 0 bridgehead atoms. The van der Waals surface area contributed by atoms with Crippen LogP contribution in [0.5, 0.6) is 28.7 Å². The van der Waals surface area contributed by atoms with Crippen molar-refractivity contribution in [1.82, 2.24) is 0 Å². The van der Waals surface area contributed by atoms with Crippen LogP contribution in [0.4, 0.5) is 0 Å². The molecule has 0 aliphatic rings. The summed E-state index contributed by atoms with van der Waals surface area (Å²) in [6.45, 7) is 0. The maximum absolute atomic E-state index is 12.6. The predicted molar refractivity (Wildman–Crippen MR) is 107 cm³/mol. The van der Waals surface area contributed by atoms with Gasteiger partial charge in [-0.2, -0.15) is 0 Å². The molecular weight excluding hydrogens is 451 g/mol. The molecule has 6 nitrogen and oxygen atoms in total. The minimum absolute atomic E-state index is 0.0782. The smallest absolute Gasteiger partial charge is 0.193 e. The lowest BCUT2D eigenvalue weighted by Crippen LogP contribution is -2.02. The van der Waals surface area contributed by atoms with Crippen LogP contribution in [0.1, 0.15) is 15.9 Å². The van der Waals surface area contributed by atoms with Gasteiger partial charge in [0.1, 0.15) is 22.8 Å². The Labute approximate surface area is 165 Å². The summed E-state index contributed by atoms with van der Waals surface area (Å²) in [5.41, 5.74) is 0.826. The summed E-state index contributed by atoms with van der Waals surface area (Å²) in [6.07, 6.45) is 2.99. The molecular formula is C19H19IO6. The van der Waals surface area contributed by atoms with E-state index in [0.717, 1.165) is 5.56 Å². The number of phenols is 1. The topological polar surface area (TPSA) is 74.2 Å². The van der Waals surface area contributed by atoms with E-state index in [-0.39, 0.29) is 17.1 Å². The number of methoxy groups -OCH3 is 4. The molecule has 2 aromatic carbocycles. The molecule has 1 N–H and O–H groups in total. The van der Waals surface area contributed by atoms with E-state index in [4.69, 9.17) is 18.9 Å². The zero-order valence-electron chi connectivity index (χ0n) is 14.8. The van der Waals surface area contributed by atoms with Crippen LogP contribution in [0.3, 0.4) is 0 Å². The normalized spacial score (nSPS) is 10.7. The number of halogens is 1. The second-order valence-electron chi connectivity index (χ2n) is 5.13. The standard InChI is InChI=1S/C19H19IO6/c1-23-13-8-6-11(9-14(13)24-2)5-7-12(21)17-15(25-3)10-16(26-4)18(20)19(17)22/h5-10,22H,1-4H3/b7-5+. The third-order valence-electron chi connectivity index (χ3n) is 3.69. The van der Waals surface area contributed by atoms with E-state index in [1.54, 1.807) is 44.6 Å². The molecule has 0 aromatic heterocycles. The summed E-state index contributed by atoms with van der Waals surface area (Å²) in [5.74, 6) is 1.25. The van der Waals surface area contributed by atoms with Crippen LogP contribution >= 0.6 is 22.6 Å². The molecule has 0 aliphatic carbocycles.